The summed E-state index contributed by atoms with van der Waals surface area (Å²) in [7, 11) is 0. The zero-order chi connectivity index (χ0) is 38.3. The van der Waals surface area contributed by atoms with Crippen molar-refractivity contribution < 1.29 is 47.0 Å². The summed E-state index contributed by atoms with van der Waals surface area (Å²) in [6, 6.07) is 23.5. The molecule has 0 radical (unpaired) electrons. The molecule has 4 aromatic carbocycles. The van der Waals surface area contributed by atoms with Gasteiger partial charge in [-0.1, -0.05) is 59.6 Å². The molecule has 4 amide bonds. The van der Waals surface area contributed by atoms with E-state index in [4.69, 9.17) is 11.6 Å². The van der Waals surface area contributed by atoms with Crippen LogP contribution < -0.4 is 14.5 Å². The van der Waals surface area contributed by atoms with E-state index in [0.717, 1.165) is 28.0 Å². The van der Waals surface area contributed by atoms with Crippen LogP contribution in [0.25, 0.3) is 0 Å². The predicted octanol–water partition coefficient (Wildman–Crippen LogP) is 7.51. The molecular formula is C41H30ClF3N2O7. The Bertz CT molecular complexity index is 2290. The van der Waals surface area contributed by atoms with Crippen molar-refractivity contribution in [1.29, 1.82) is 0 Å². The lowest BCUT2D eigenvalue weighted by molar-refractivity contribution is -0.274. The summed E-state index contributed by atoms with van der Waals surface area (Å²) in [5, 5.41) is 11.8. The first-order valence-electron chi connectivity index (χ1n) is 17.2. The molecule has 6 atom stereocenters. The van der Waals surface area contributed by atoms with Gasteiger partial charge in [-0.3, -0.25) is 28.9 Å². The van der Waals surface area contributed by atoms with E-state index in [9.17, 15) is 37.5 Å². The van der Waals surface area contributed by atoms with Gasteiger partial charge in [-0.05, 0) is 91.9 Å². The van der Waals surface area contributed by atoms with Crippen LogP contribution in [0.1, 0.15) is 47.2 Å². The predicted molar refractivity (Wildman–Crippen MR) is 190 cm³/mol. The highest BCUT2D eigenvalue weighted by molar-refractivity contribution is 6.32. The molecule has 8 rings (SSSR count). The van der Waals surface area contributed by atoms with Crippen molar-refractivity contribution in [3.05, 3.63) is 130 Å². The minimum atomic E-state index is -5.09. The molecule has 4 aromatic rings. The molecule has 2 aliphatic heterocycles. The highest BCUT2D eigenvalue weighted by Gasteiger charge is 2.70. The number of nitrogens with zero attached hydrogens (tertiary/aromatic N) is 2. The first-order chi connectivity index (χ1) is 25.7. The molecule has 2 saturated heterocycles. The van der Waals surface area contributed by atoms with Crippen LogP contribution in [0.4, 0.5) is 24.5 Å². The van der Waals surface area contributed by atoms with Gasteiger partial charge in [0.1, 0.15) is 11.5 Å². The van der Waals surface area contributed by atoms with E-state index in [1.165, 1.54) is 37.3 Å². The molecule has 0 spiro atoms. The number of amides is 4. The van der Waals surface area contributed by atoms with Gasteiger partial charge in [0.2, 0.25) is 23.6 Å². The molecule has 2 heterocycles. The second-order valence-corrected chi connectivity index (χ2v) is 14.4. The van der Waals surface area contributed by atoms with Crippen LogP contribution in [0.15, 0.2) is 109 Å². The Morgan fingerprint density at radius 2 is 1.56 bits per heavy atom. The van der Waals surface area contributed by atoms with Crippen LogP contribution in [-0.2, 0) is 24.6 Å². The lowest BCUT2D eigenvalue weighted by Crippen LogP contribution is -2.53. The number of rotatable bonds is 6. The fourth-order valence-corrected chi connectivity index (χ4v) is 9.33. The number of hydrogen-bond donors (Lipinski definition) is 1. The minimum absolute atomic E-state index is 0.0365. The van der Waals surface area contributed by atoms with E-state index in [1.807, 2.05) is 0 Å². The maximum absolute atomic E-state index is 15.3. The van der Waals surface area contributed by atoms with E-state index in [0.29, 0.717) is 16.7 Å². The van der Waals surface area contributed by atoms with Crippen molar-refractivity contribution in [2.45, 2.75) is 37.5 Å². The third-order valence-corrected chi connectivity index (χ3v) is 11.5. The van der Waals surface area contributed by atoms with Crippen molar-refractivity contribution in [2.24, 2.45) is 23.7 Å². The summed E-state index contributed by atoms with van der Waals surface area (Å²) in [5.74, 6) is -8.91. The van der Waals surface area contributed by atoms with Crippen LogP contribution in [0, 0.1) is 23.7 Å². The van der Waals surface area contributed by atoms with Crippen molar-refractivity contribution in [3.8, 4) is 11.5 Å². The highest BCUT2D eigenvalue weighted by atomic mass is 35.5. The van der Waals surface area contributed by atoms with Gasteiger partial charge in [-0.2, -0.15) is 0 Å². The summed E-state index contributed by atoms with van der Waals surface area (Å²) in [5.41, 5.74) is -0.351. The number of imide groups is 2. The number of halogens is 4. The Labute approximate surface area is 311 Å². The number of carbonyl (C=O) groups is 5. The fourth-order valence-electron chi connectivity index (χ4n) is 9.15. The Hall–Kier alpha value is -5.75. The van der Waals surface area contributed by atoms with Gasteiger partial charge >= 0.3 is 6.36 Å². The summed E-state index contributed by atoms with van der Waals surface area (Å²) in [6.07, 6.45) is -3.41. The molecule has 0 bridgehead atoms. The van der Waals surface area contributed by atoms with E-state index in [1.54, 1.807) is 54.6 Å². The lowest BCUT2D eigenvalue weighted by Gasteiger charge is -2.50. The number of benzene rings is 4. The Morgan fingerprint density at radius 1 is 0.833 bits per heavy atom. The maximum atomic E-state index is 15.3. The van der Waals surface area contributed by atoms with E-state index >= 15 is 4.79 Å². The number of hydrogen-bond acceptors (Lipinski definition) is 7. The van der Waals surface area contributed by atoms with Gasteiger partial charge in [-0.25, -0.2) is 4.90 Å². The summed E-state index contributed by atoms with van der Waals surface area (Å²) < 4.78 is 45.0. The average molecular weight is 755 g/mol. The first-order valence-corrected chi connectivity index (χ1v) is 17.6. The number of fused-ring (bicyclic) bond motifs is 4. The number of carbonyl (C=O) groups excluding carboxylic acids is 5. The van der Waals surface area contributed by atoms with Crippen molar-refractivity contribution in [1.82, 2.24) is 0 Å². The van der Waals surface area contributed by atoms with E-state index in [-0.39, 0.29) is 40.6 Å². The zero-order valence-corrected chi connectivity index (χ0v) is 29.2. The van der Waals surface area contributed by atoms with E-state index < -0.39 is 76.5 Å². The van der Waals surface area contributed by atoms with E-state index in [2.05, 4.69) is 4.74 Å². The van der Waals surface area contributed by atoms with Crippen LogP contribution in [0.2, 0.25) is 5.02 Å². The number of Topliss-reactive ketones (excluding diaryl/α,β-unsaturated/α-hetero) is 1. The van der Waals surface area contributed by atoms with Crippen LogP contribution >= 0.6 is 11.6 Å². The molecule has 1 N–H and O–H groups in total. The quantitative estimate of drug-likeness (QED) is 0.123. The van der Waals surface area contributed by atoms with Crippen LogP contribution in [0.5, 0.6) is 11.5 Å². The summed E-state index contributed by atoms with van der Waals surface area (Å²) in [6.45, 7) is 1.39. The first kappa shape index (κ1) is 35.3. The summed E-state index contributed by atoms with van der Waals surface area (Å²) in [4.78, 5) is 72.7. The molecule has 1 saturated carbocycles. The normalized spacial score (nSPS) is 26.3. The summed E-state index contributed by atoms with van der Waals surface area (Å²) >= 11 is 6.33. The lowest BCUT2D eigenvalue weighted by atomic mass is 9.49. The number of ether oxygens (including phenoxy) is 1. The molecule has 3 fully saturated rings. The molecule has 9 nitrogen and oxygen atoms in total. The molecule has 6 unspecified atom stereocenters. The number of phenolic OH excluding ortho intramolecular Hbond substituents is 1. The second kappa shape index (κ2) is 12.7. The standard InChI is InChI=1S/C41H30ClF3N2O7/c1-21(48)22-10-12-25(13-11-22)46-36(50)29-16-15-28-30(34(29)38(46)52)20-32-37(51)47(26-9-5-8-24(42)18-26)39(53)40(32,23-6-3-2-4-7-23)35(28)31-19-27(14-17-33(31)49)54-41(43,44)45/h2-15,17-19,29-30,32,34-35,49H,16,20H2,1H3. The van der Waals surface area contributed by atoms with Crippen LogP contribution in [0.3, 0.4) is 0 Å². The number of alkyl halides is 3. The molecule has 13 heteroatoms. The topological polar surface area (TPSA) is 121 Å². The van der Waals surface area contributed by atoms with Gasteiger partial charge < -0.3 is 9.84 Å². The van der Waals surface area contributed by atoms with Crippen molar-refractivity contribution >= 4 is 52.4 Å². The van der Waals surface area contributed by atoms with Gasteiger partial charge in [0, 0.05) is 22.1 Å². The Morgan fingerprint density at radius 3 is 2.22 bits per heavy atom. The number of aromatic hydroxyl groups is 1. The average Bonchev–Trinajstić information content (AvgIpc) is 3.53. The number of phenols is 1. The molecular weight excluding hydrogens is 725 g/mol. The molecule has 4 aliphatic rings. The zero-order valence-electron chi connectivity index (χ0n) is 28.4. The number of ketones is 1. The van der Waals surface area contributed by atoms with Gasteiger partial charge in [0.05, 0.1) is 34.5 Å². The fraction of sp³-hybridized carbons (Fsp3) is 0.244. The number of anilines is 2. The second-order valence-electron chi connectivity index (χ2n) is 14.0. The highest BCUT2D eigenvalue weighted by Crippen LogP contribution is 2.65. The maximum Gasteiger partial charge on any atom is 0.573 e. The van der Waals surface area contributed by atoms with Crippen molar-refractivity contribution in [3.63, 3.8) is 0 Å². The smallest absolute Gasteiger partial charge is 0.508 e. The third kappa shape index (κ3) is 5.33. The van der Waals surface area contributed by atoms with Crippen LogP contribution in [-0.4, -0.2) is 40.9 Å². The van der Waals surface area contributed by atoms with Gasteiger partial charge in [-0.15, -0.1) is 13.2 Å². The number of allylic oxidation sites excluding steroid dienone is 2. The van der Waals surface area contributed by atoms with Gasteiger partial charge in [0.25, 0.3) is 0 Å². The molecule has 274 valence electrons. The van der Waals surface area contributed by atoms with Gasteiger partial charge in [0.15, 0.2) is 5.78 Å². The Balaban J connectivity index is 1.35. The SMILES string of the molecule is CC(=O)c1ccc(N2C(=O)C3CC=C4C(CC5C(=O)N(c6cccc(Cl)c6)C(=O)C5(c5ccccc5)C4c4cc(OC(F)(F)F)ccc4O)C3C2=O)cc1. The molecule has 0 aromatic heterocycles. The van der Waals surface area contributed by atoms with Crippen molar-refractivity contribution in [2.75, 3.05) is 9.80 Å². The Kier molecular flexibility index (Phi) is 8.29. The monoisotopic (exact) mass is 754 g/mol. The minimum Gasteiger partial charge on any atom is -0.508 e. The molecule has 54 heavy (non-hydrogen) atoms. The third-order valence-electron chi connectivity index (χ3n) is 11.2. The molecule has 2 aliphatic carbocycles. The largest absolute Gasteiger partial charge is 0.573 e.